The van der Waals surface area contributed by atoms with Crippen LogP contribution in [0.15, 0.2) is 65.0 Å². The van der Waals surface area contributed by atoms with Crippen molar-refractivity contribution in [2.45, 2.75) is 97.5 Å². The van der Waals surface area contributed by atoms with Crippen LogP contribution in [0.4, 0.5) is 5.82 Å². The Kier molecular flexibility index (Phi) is 11.8. The number of carbonyl (C=O) groups excluding carboxylic acids is 2. The third-order valence-corrected chi connectivity index (χ3v) is 7.69. The van der Waals surface area contributed by atoms with E-state index in [2.05, 4.69) is 10.3 Å². The molecule has 0 radical (unpaired) electrons. The average Bonchev–Trinajstić information content (AvgIpc) is 3.02. The van der Waals surface area contributed by atoms with Gasteiger partial charge in [-0.2, -0.15) is 0 Å². The van der Waals surface area contributed by atoms with Gasteiger partial charge in [0, 0.05) is 35.4 Å². The van der Waals surface area contributed by atoms with Gasteiger partial charge in [0.1, 0.15) is 11.9 Å². The fourth-order valence-corrected chi connectivity index (χ4v) is 5.93. The summed E-state index contributed by atoms with van der Waals surface area (Å²) in [5, 5.41) is 14.8. The van der Waals surface area contributed by atoms with Crippen molar-refractivity contribution in [3.63, 3.8) is 0 Å². The lowest BCUT2D eigenvalue weighted by Crippen LogP contribution is -2.37. The molecule has 1 fully saturated rings. The van der Waals surface area contributed by atoms with Crippen molar-refractivity contribution in [3.8, 4) is 5.75 Å². The highest BCUT2D eigenvalue weighted by Crippen LogP contribution is 2.47. The number of rotatable bonds is 6. The molecule has 42 heavy (non-hydrogen) atoms. The number of carbonyl (C=O) groups is 2. The van der Waals surface area contributed by atoms with Crippen molar-refractivity contribution in [3.05, 3.63) is 86.4 Å². The molecule has 1 aliphatic heterocycles. The summed E-state index contributed by atoms with van der Waals surface area (Å²) < 4.78 is 11.5. The first-order valence-electron chi connectivity index (χ1n) is 15.1. The van der Waals surface area contributed by atoms with E-state index in [0.29, 0.717) is 29.1 Å². The van der Waals surface area contributed by atoms with Gasteiger partial charge in [-0.1, -0.05) is 52.3 Å². The van der Waals surface area contributed by atoms with Gasteiger partial charge in [-0.3, -0.25) is 4.79 Å². The number of dihydropyridines is 1. The van der Waals surface area contributed by atoms with Crippen LogP contribution in [0.1, 0.15) is 103 Å². The molecule has 2 aromatic rings. The molecule has 0 saturated heterocycles. The number of para-hydroxylation sites is 1. The molecule has 9 nitrogen and oxygen atoms in total. The molecular weight excluding hydrogens is 534 g/mol. The number of nitro groups is 1. The van der Waals surface area contributed by atoms with Gasteiger partial charge in [0.2, 0.25) is 0 Å². The van der Waals surface area contributed by atoms with Crippen molar-refractivity contribution in [1.82, 2.24) is 10.3 Å². The second-order valence-electron chi connectivity index (χ2n) is 10.1. The maximum atomic E-state index is 13.8. The molecule has 1 aromatic heterocycles. The van der Waals surface area contributed by atoms with E-state index >= 15 is 0 Å². The third-order valence-electron chi connectivity index (χ3n) is 7.69. The lowest BCUT2D eigenvalue weighted by molar-refractivity contribution is -0.389. The minimum Gasteiger partial charge on any atom is -0.496 e. The van der Waals surface area contributed by atoms with Crippen LogP contribution in [0.2, 0.25) is 0 Å². The van der Waals surface area contributed by atoms with E-state index in [1.807, 2.05) is 52.0 Å². The maximum absolute atomic E-state index is 13.8. The molecule has 2 unspecified atom stereocenters. The van der Waals surface area contributed by atoms with Crippen LogP contribution < -0.4 is 10.1 Å². The second-order valence-corrected chi connectivity index (χ2v) is 10.1. The number of allylic oxidation sites excluding steroid dienone is 3. The first-order chi connectivity index (χ1) is 20.4. The topological polar surface area (TPSA) is 121 Å². The Bertz CT molecular complexity index is 1340. The number of hydrogen-bond donors (Lipinski definition) is 1. The summed E-state index contributed by atoms with van der Waals surface area (Å²) >= 11 is 0. The lowest BCUT2D eigenvalue weighted by Gasteiger charge is -2.36. The van der Waals surface area contributed by atoms with E-state index in [1.54, 1.807) is 20.1 Å². The van der Waals surface area contributed by atoms with Crippen molar-refractivity contribution in [2.75, 3.05) is 7.11 Å². The zero-order valence-corrected chi connectivity index (χ0v) is 25.6. The van der Waals surface area contributed by atoms with Crippen LogP contribution in [-0.4, -0.2) is 34.9 Å². The number of pyridine rings is 1. The normalized spacial score (nSPS) is 20.2. The number of ketones is 1. The highest BCUT2D eigenvalue weighted by molar-refractivity contribution is 6.04. The number of benzene rings is 1. The number of esters is 1. The first kappa shape index (κ1) is 32.5. The van der Waals surface area contributed by atoms with Gasteiger partial charge in [0.05, 0.1) is 18.6 Å². The van der Waals surface area contributed by atoms with E-state index in [9.17, 15) is 19.7 Å². The molecule has 226 valence electrons. The smallest absolute Gasteiger partial charge is 0.363 e. The molecule has 2 aliphatic carbocycles. The zero-order chi connectivity index (χ0) is 30.8. The Morgan fingerprint density at radius 1 is 1.00 bits per heavy atom. The fraction of sp³-hybridized carbons (Fsp3) is 0.485. The van der Waals surface area contributed by atoms with Crippen LogP contribution in [0.25, 0.3) is 0 Å². The summed E-state index contributed by atoms with van der Waals surface area (Å²) in [6, 6.07) is 12.1. The van der Waals surface area contributed by atoms with E-state index < -0.39 is 16.8 Å². The van der Waals surface area contributed by atoms with Gasteiger partial charge in [0.25, 0.3) is 0 Å². The monoisotopic (exact) mass is 577 g/mol. The Labute approximate surface area is 248 Å². The predicted molar refractivity (Wildman–Crippen MR) is 162 cm³/mol. The van der Waals surface area contributed by atoms with Gasteiger partial charge in [-0.15, -0.1) is 0 Å². The summed E-state index contributed by atoms with van der Waals surface area (Å²) in [7, 11) is 1.61. The van der Waals surface area contributed by atoms with Crippen molar-refractivity contribution in [1.29, 1.82) is 0 Å². The number of aromatic nitrogens is 1. The summed E-state index contributed by atoms with van der Waals surface area (Å²) in [4.78, 5) is 42.6. The zero-order valence-electron chi connectivity index (χ0n) is 25.6. The second kappa shape index (κ2) is 15.3. The Morgan fingerprint density at radius 3 is 2.36 bits per heavy atom. The Morgan fingerprint density at radius 2 is 1.69 bits per heavy atom. The van der Waals surface area contributed by atoms with E-state index in [0.717, 1.165) is 37.7 Å². The summed E-state index contributed by atoms with van der Waals surface area (Å²) in [5.41, 5.74) is 3.19. The van der Waals surface area contributed by atoms with Gasteiger partial charge in [0.15, 0.2) is 11.5 Å². The molecule has 0 spiro atoms. The molecule has 0 bridgehead atoms. The van der Waals surface area contributed by atoms with Crippen molar-refractivity contribution < 1.29 is 24.0 Å². The minimum absolute atomic E-state index is 0.118. The van der Waals surface area contributed by atoms with Crippen molar-refractivity contribution in [2.24, 2.45) is 0 Å². The minimum atomic E-state index is -0.853. The van der Waals surface area contributed by atoms with E-state index in [-0.39, 0.29) is 41.3 Å². The molecule has 2 heterocycles. The average molecular weight is 578 g/mol. The number of Topliss-reactive ketones (excluding diaryl/α,β-unsaturated/α-hetero) is 1. The van der Waals surface area contributed by atoms with Gasteiger partial charge in [-0.25, -0.2) is 4.79 Å². The molecule has 2 atom stereocenters. The molecule has 0 amide bonds. The number of nitrogens with one attached hydrogen (secondary N) is 1. The summed E-state index contributed by atoms with van der Waals surface area (Å²) in [6.07, 6.45) is 5.30. The highest BCUT2D eigenvalue weighted by Gasteiger charge is 2.44. The molecule has 9 heteroatoms. The largest absolute Gasteiger partial charge is 0.496 e. The predicted octanol–water partition coefficient (Wildman–Crippen LogP) is 7.29. The summed E-state index contributed by atoms with van der Waals surface area (Å²) in [6.45, 7) is 9.78. The van der Waals surface area contributed by atoms with E-state index in [4.69, 9.17) is 9.47 Å². The highest BCUT2D eigenvalue weighted by atomic mass is 16.6. The number of ether oxygens (including phenoxy) is 2. The summed E-state index contributed by atoms with van der Waals surface area (Å²) in [5.74, 6) is -1.24. The van der Waals surface area contributed by atoms with Crippen LogP contribution in [-0.2, 0) is 14.3 Å². The van der Waals surface area contributed by atoms with E-state index in [1.165, 1.54) is 12.1 Å². The van der Waals surface area contributed by atoms with Crippen LogP contribution in [0, 0.1) is 10.1 Å². The van der Waals surface area contributed by atoms with Crippen LogP contribution in [0.3, 0.4) is 0 Å². The molecule has 3 aliphatic rings. The number of nitrogens with zero attached hydrogens (tertiary/aromatic N) is 2. The molecule has 5 rings (SSSR count). The SMILES string of the molecule is CC.CC.COc1ccccc1C1CC(=O)C2=C(C1)NC(C)=C(C(=O)OC1CCCCC1)C2c1cccc([N+](=O)[O-])n1. The van der Waals surface area contributed by atoms with Gasteiger partial charge < -0.3 is 24.9 Å². The van der Waals surface area contributed by atoms with Crippen LogP contribution in [0.5, 0.6) is 5.75 Å². The first-order valence-corrected chi connectivity index (χ1v) is 15.1. The maximum Gasteiger partial charge on any atom is 0.363 e. The molecule has 1 aromatic carbocycles. The van der Waals surface area contributed by atoms with Crippen molar-refractivity contribution >= 4 is 17.6 Å². The third kappa shape index (κ3) is 7.06. The standard InChI is InChI=1S/C29H31N3O6.2C2H6/c1-17-26(29(34)38-19-9-4-3-5-10-19)28(21-12-8-14-25(31-21)32(35)36)27-22(30-17)15-18(16-23(27)33)20-11-6-7-13-24(20)37-2;2*1-2/h6-8,11-14,18-19,28,30H,3-5,9-10,15-16H2,1-2H3;2*1-2H3. The van der Waals surface area contributed by atoms with Crippen LogP contribution >= 0.6 is 0 Å². The van der Waals surface area contributed by atoms with Gasteiger partial charge in [-0.05, 0) is 72.7 Å². The Balaban J connectivity index is 0.00000116. The fourth-order valence-electron chi connectivity index (χ4n) is 5.93. The quantitative estimate of drug-likeness (QED) is 0.216. The number of methoxy groups -OCH3 is 1. The molecule has 1 N–H and O–H groups in total. The molecular formula is C33H43N3O6. The lowest BCUT2D eigenvalue weighted by atomic mass is 9.72. The Hall–Kier alpha value is -4.01. The molecule has 1 saturated carbocycles. The number of hydrogen-bond acceptors (Lipinski definition) is 8. The van der Waals surface area contributed by atoms with Gasteiger partial charge >= 0.3 is 11.8 Å².